The van der Waals surface area contributed by atoms with Crippen molar-refractivity contribution in [2.24, 2.45) is 5.73 Å². The molecule has 50 valence electrons. The summed E-state index contributed by atoms with van der Waals surface area (Å²) >= 11 is 0. The van der Waals surface area contributed by atoms with E-state index in [1.54, 1.807) is 13.0 Å². The summed E-state index contributed by atoms with van der Waals surface area (Å²) in [7, 11) is 0. The number of hydrogen-bond donors (Lipinski definition) is 2. The van der Waals surface area contributed by atoms with Gasteiger partial charge in [-0.15, -0.1) is 6.58 Å². The van der Waals surface area contributed by atoms with Crippen LogP contribution in [0.3, 0.4) is 0 Å². The van der Waals surface area contributed by atoms with Crippen LogP contribution in [0.25, 0.3) is 0 Å². The van der Waals surface area contributed by atoms with Crippen molar-refractivity contribution in [3.8, 4) is 0 Å². The molecule has 0 saturated carbocycles. The maximum Gasteiger partial charge on any atom is 0.0579 e. The van der Waals surface area contributed by atoms with Gasteiger partial charge < -0.3 is 10.8 Å². The summed E-state index contributed by atoms with van der Waals surface area (Å²) in [6.07, 6.45) is 1.75. The second-order valence-corrected chi connectivity index (χ2v) is 1.57. The maximum atomic E-state index is 8.02. The Bertz CT molecular complexity index is 43.8. The standard InChI is InChI=1S/C3H9NO.C3H6/c1-3(4)2-5;1-3-2/h3,5H,2,4H2,1H3;3H,1H2,2H3. The molecule has 0 spiro atoms. The number of hydrogen-bond acceptors (Lipinski definition) is 2. The lowest BCUT2D eigenvalue weighted by molar-refractivity contribution is 0.273. The summed E-state index contributed by atoms with van der Waals surface area (Å²) in [4.78, 5) is 0. The second kappa shape index (κ2) is 9.83. The monoisotopic (exact) mass is 117 g/mol. The molecule has 0 fully saturated rings. The molecule has 0 aromatic heterocycles. The molecule has 0 bridgehead atoms. The zero-order chi connectivity index (χ0) is 6.99. The third-order valence-corrected chi connectivity index (χ3v) is 0.288. The molecule has 1 unspecified atom stereocenters. The Morgan fingerprint density at radius 2 is 2.00 bits per heavy atom. The minimum Gasteiger partial charge on any atom is -0.395 e. The number of aliphatic hydroxyl groups excluding tert-OH is 1. The summed E-state index contributed by atoms with van der Waals surface area (Å²) < 4.78 is 0. The summed E-state index contributed by atoms with van der Waals surface area (Å²) in [6.45, 7) is 7.08. The van der Waals surface area contributed by atoms with Crippen LogP contribution in [0.2, 0.25) is 0 Å². The van der Waals surface area contributed by atoms with E-state index in [2.05, 4.69) is 6.58 Å². The Kier molecular flexibility index (Phi) is 13.0. The van der Waals surface area contributed by atoms with Gasteiger partial charge in [0.1, 0.15) is 0 Å². The maximum absolute atomic E-state index is 8.02. The average molecular weight is 117 g/mol. The van der Waals surface area contributed by atoms with E-state index in [0.29, 0.717) is 0 Å². The normalized spacial score (nSPS) is 11.0. The van der Waals surface area contributed by atoms with E-state index in [9.17, 15) is 0 Å². The molecule has 0 saturated heterocycles. The zero-order valence-electron chi connectivity index (χ0n) is 5.59. The predicted octanol–water partition coefficient (Wildman–Crippen LogP) is 0.518. The minimum atomic E-state index is -0.0602. The third-order valence-electron chi connectivity index (χ3n) is 0.288. The van der Waals surface area contributed by atoms with E-state index in [-0.39, 0.29) is 12.6 Å². The zero-order valence-corrected chi connectivity index (χ0v) is 5.59. The Morgan fingerprint density at radius 1 is 1.88 bits per heavy atom. The first-order valence-electron chi connectivity index (χ1n) is 2.62. The van der Waals surface area contributed by atoms with Crippen LogP contribution in [-0.4, -0.2) is 17.8 Å². The highest BCUT2D eigenvalue weighted by molar-refractivity contribution is 4.51. The molecule has 0 aliphatic carbocycles. The molecule has 0 aliphatic heterocycles. The molecule has 8 heavy (non-hydrogen) atoms. The van der Waals surface area contributed by atoms with Crippen molar-refractivity contribution in [2.45, 2.75) is 19.9 Å². The molecule has 1 atom stereocenters. The highest BCUT2D eigenvalue weighted by Crippen LogP contribution is 1.62. The number of rotatable bonds is 1. The fourth-order valence-corrected chi connectivity index (χ4v) is 0. The van der Waals surface area contributed by atoms with Crippen molar-refractivity contribution in [2.75, 3.05) is 6.61 Å². The van der Waals surface area contributed by atoms with Gasteiger partial charge >= 0.3 is 0 Å². The van der Waals surface area contributed by atoms with Crippen LogP contribution in [0, 0.1) is 0 Å². The van der Waals surface area contributed by atoms with Crippen molar-refractivity contribution in [1.29, 1.82) is 0 Å². The van der Waals surface area contributed by atoms with E-state index in [4.69, 9.17) is 10.8 Å². The molecule has 3 N–H and O–H groups in total. The predicted molar refractivity (Wildman–Crippen MR) is 36.6 cm³/mol. The van der Waals surface area contributed by atoms with Gasteiger partial charge in [-0.3, -0.25) is 0 Å². The van der Waals surface area contributed by atoms with Gasteiger partial charge in [0.15, 0.2) is 0 Å². The molecular formula is C6H15NO. The van der Waals surface area contributed by atoms with Gasteiger partial charge in [-0.1, -0.05) is 6.08 Å². The van der Waals surface area contributed by atoms with E-state index in [1.165, 1.54) is 0 Å². The molecular weight excluding hydrogens is 102 g/mol. The highest BCUT2D eigenvalue weighted by atomic mass is 16.3. The third kappa shape index (κ3) is 44.6. The van der Waals surface area contributed by atoms with Gasteiger partial charge in [0.25, 0.3) is 0 Å². The molecule has 2 heteroatoms. The van der Waals surface area contributed by atoms with Gasteiger partial charge in [0.2, 0.25) is 0 Å². The van der Waals surface area contributed by atoms with E-state index >= 15 is 0 Å². The first-order chi connectivity index (χ1) is 3.68. The Hall–Kier alpha value is -0.340. The Labute approximate surface area is 51.0 Å². The number of aliphatic hydroxyl groups is 1. The molecule has 2 nitrogen and oxygen atoms in total. The molecule has 0 heterocycles. The fourth-order valence-electron chi connectivity index (χ4n) is 0. The SMILES string of the molecule is C=CC.CC(N)CO. The average Bonchev–Trinajstić information content (AvgIpc) is 1.69. The molecule has 0 aromatic carbocycles. The molecule has 0 rings (SSSR count). The number of nitrogens with two attached hydrogens (primary N) is 1. The van der Waals surface area contributed by atoms with Gasteiger partial charge in [-0.2, -0.15) is 0 Å². The Balaban J connectivity index is 0. The van der Waals surface area contributed by atoms with Gasteiger partial charge in [0, 0.05) is 6.04 Å². The quantitative estimate of drug-likeness (QED) is 0.492. The first-order valence-corrected chi connectivity index (χ1v) is 2.62. The topological polar surface area (TPSA) is 46.2 Å². The van der Waals surface area contributed by atoms with Crippen LogP contribution in [0.4, 0.5) is 0 Å². The van der Waals surface area contributed by atoms with Crippen LogP contribution in [-0.2, 0) is 0 Å². The lowest BCUT2D eigenvalue weighted by Gasteiger charge is -1.91. The van der Waals surface area contributed by atoms with Crippen molar-refractivity contribution in [3.05, 3.63) is 12.7 Å². The van der Waals surface area contributed by atoms with Gasteiger partial charge in [-0.25, -0.2) is 0 Å². The van der Waals surface area contributed by atoms with Crippen molar-refractivity contribution < 1.29 is 5.11 Å². The number of allylic oxidation sites excluding steroid dienone is 1. The molecule has 0 aliphatic rings. The first kappa shape index (κ1) is 10.6. The van der Waals surface area contributed by atoms with Crippen molar-refractivity contribution in [3.63, 3.8) is 0 Å². The van der Waals surface area contributed by atoms with Gasteiger partial charge in [0.05, 0.1) is 6.61 Å². The van der Waals surface area contributed by atoms with E-state index < -0.39 is 0 Å². The van der Waals surface area contributed by atoms with Crippen LogP contribution in [0.15, 0.2) is 12.7 Å². The second-order valence-electron chi connectivity index (χ2n) is 1.57. The molecule has 0 amide bonds. The lowest BCUT2D eigenvalue weighted by atomic mass is 10.4. The van der Waals surface area contributed by atoms with Crippen LogP contribution in [0.5, 0.6) is 0 Å². The van der Waals surface area contributed by atoms with Crippen LogP contribution >= 0.6 is 0 Å². The highest BCUT2D eigenvalue weighted by Gasteiger charge is 1.81. The van der Waals surface area contributed by atoms with Crippen molar-refractivity contribution >= 4 is 0 Å². The van der Waals surface area contributed by atoms with E-state index in [0.717, 1.165) is 0 Å². The molecule has 0 radical (unpaired) electrons. The molecule has 0 aromatic rings. The summed E-state index contributed by atoms with van der Waals surface area (Å²) in [5, 5.41) is 8.02. The largest absolute Gasteiger partial charge is 0.395 e. The summed E-state index contributed by atoms with van der Waals surface area (Å²) in [5.74, 6) is 0. The van der Waals surface area contributed by atoms with Gasteiger partial charge in [-0.05, 0) is 13.8 Å². The summed E-state index contributed by atoms with van der Waals surface area (Å²) in [5.41, 5.74) is 5.04. The van der Waals surface area contributed by atoms with Crippen molar-refractivity contribution in [1.82, 2.24) is 0 Å². The lowest BCUT2D eigenvalue weighted by Crippen LogP contribution is -2.18. The fraction of sp³-hybridized carbons (Fsp3) is 0.667. The van der Waals surface area contributed by atoms with Crippen LogP contribution < -0.4 is 5.73 Å². The smallest absolute Gasteiger partial charge is 0.0579 e. The van der Waals surface area contributed by atoms with E-state index in [1.807, 2.05) is 6.92 Å². The Morgan fingerprint density at radius 3 is 2.00 bits per heavy atom. The summed E-state index contributed by atoms with van der Waals surface area (Å²) in [6, 6.07) is -0.0602. The minimum absolute atomic E-state index is 0.0602. The van der Waals surface area contributed by atoms with Crippen LogP contribution in [0.1, 0.15) is 13.8 Å².